The summed E-state index contributed by atoms with van der Waals surface area (Å²) in [5, 5.41) is 12.1. The molecule has 1 aliphatic rings. The molecule has 0 saturated carbocycles. The Balaban J connectivity index is 1.67. The van der Waals surface area contributed by atoms with E-state index in [9.17, 15) is 9.90 Å². The van der Waals surface area contributed by atoms with E-state index in [-0.39, 0.29) is 27.8 Å². The van der Waals surface area contributed by atoms with Gasteiger partial charge in [-0.2, -0.15) is 0 Å². The van der Waals surface area contributed by atoms with Crippen LogP contribution in [0.5, 0.6) is 5.75 Å². The number of pyridine rings is 1. The first-order valence-electron chi connectivity index (χ1n) is 10.0. The number of aromatic amines is 1. The summed E-state index contributed by atoms with van der Waals surface area (Å²) in [5.74, 6) is 0.0395. The SMILES string of the molecule is CN1Cc2ccccc2[C@H](c2cccc(-c3c(O)c4c(Cl)cc(Cl)cc4[nH]c3=O)c2)C1. The number of fused-ring (bicyclic) bond motifs is 2. The second-order valence-electron chi connectivity index (χ2n) is 8.06. The van der Waals surface area contributed by atoms with Crippen LogP contribution in [0.4, 0.5) is 0 Å². The molecule has 6 heteroatoms. The van der Waals surface area contributed by atoms with Crippen LogP contribution in [0.1, 0.15) is 22.6 Å². The molecule has 0 amide bonds. The highest BCUT2D eigenvalue weighted by Gasteiger charge is 2.25. The van der Waals surface area contributed by atoms with Crippen molar-refractivity contribution in [1.82, 2.24) is 9.88 Å². The van der Waals surface area contributed by atoms with Gasteiger partial charge in [-0.15, -0.1) is 0 Å². The number of benzene rings is 3. The Morgan fingerprint density at radius 1 is 1.06 bits per heavy atom. The number of aromatic hydroxyl groups is 1. The molecule has 0 radical (unpaired) electrons. The molecule has 0 unspecified atom stereocenters. The van der Waals surface area contributed by atoms with Crippen LogP contribution in [0.15, 0.2) is 65.5 Å². The van der Waals surface area contributed by atoms with Crippen LogP contribution >= 0.6 is 23.2 Å². The van der Waals surface area contributed by atoms with Crippen molar-refractivity contribution in [1.29, 1.82) is 0 Å². The highest BCUT2D eigenvalue weighted by Crippen LogP contribution is 2.39. The lowest BCUT2D eigenvalue weighted by Crippen LogP contribution is -2.30. The van der Waals surface area contributed by atoms with Crippen LogP contribution in [-0.4, -0.2) is 28.6 Å². The van der Waals surface area contributed by atoms with E-state index >= 15 is 0 Å². The number of hydrogen-bond donors (Lipinski definition) is 2. The maximum Gasteiger partial charge on any atom is 0.260 e. The summed E-state index contributed by atoms with van der Waals surface area (Å²) in [4.78, 5) is 18.0. The minimum atomic E-state index is -0.387. The number of halogens is 2. The summed E-state index contributed by atoms with van der Waals surface area (Å²) >= 11 is 12.4. The lowest BCUT2D eigenvalue weighted by Gasteiger charge is -2.32. The Morgan fingerprint density at radius 3 is 2.71 bits per heavy atom. The van der Waals surface area contributed by atoms with Crippen LogP contribution in [0.25, 0.3) is 22.0 Å². The molecule has 2 heterocycles. The van der Waals surface area contributed by atoms with Crippen LogP contribution in [0.2, 0.25) is 10.0 Å². The molecule has 0 spiro atoms. The average molecular weight is 451 g/mol. The van der Waals surface area contributed by atoms with Crippen molar-refractivity contribution in [2.24, 2.45) is 0 Å². The zero-order chi connectivity index (χ0) is 21.7. The molecule has 0 bridgehead atoms. The van der Waals surface area contributed by atoms with Gasteiger partial charge in [0.15, 0.2) is 0 Å². The summed E-state index contributed by atoms with van der Waals surface area (Å²) in [6, 6.07) is 19.4. The number of rotatable bonds is 2. The minimum Gasteiger partial charge on any atom is -0.506 e. The van der Waals surface area contributed by atoms with Gasteiger partial charge in [0.1, 0.15) is 5.75 Å². The topological polar surface area (TPSA) is 56.3 Å². The molecule has 5 rings (SSSR count). The molecule has 0 aliphatic carbocycles. The fourth-order valence-corrected chi connectivity index (χ4v) is 5.16. The number of hydrogen-bond acceptors (Lipinski definition) is 3. The monoisotopic (exact) mass is 450 g/mol. The van der Waals surface area contributed by atoms with E-state index in [0.717, 1.165) is 18.7 Å². The Bertz CT molecular complexity index is 1380. The lowest BCUT2D eigenvalue weighted by atomic mass is 9.84. The van der Waals surface area contributed by atoms with Crippen LogP contribution < -0.4 is 5.56 Å². The van der Waals surface area contributed by atoms with Crippen molar-refractivity contribution in [2.45, 2.75) is 12.5 Å². The van der Waals surface area contributed by atoms with Gasteiger partial charge in [-0.3, -0.25) is 4.79 Å². The standard InChI is InChI=1S/C25H20Cl2N2O2/c1-29-12-16-5-2-3-8-18(16)19(13-29)14-6-4-7-15(9-14)22-24(30)23-20(27)10-17(26)11-21(23)28-25(22)31/h2-11,19H,12-13H2,1H3,(H2,28,30,31)/t19-/m0/s1. The van der Waals surface area contributed by atoms with Gasteiger partial charge in [0, 0.05) is 24.0 Å². The van der Waals surface area contributed by atoms with Gasteiger partial charge in [0.2, 0.25) is 0 Å². The maximum absolute atomic E-state index is 12.9. The number of aromatic nitrogens is 1. The van der Waals surface area contributed by atoms with Gasteiger partial charge in [-0.25, -0.2) is 0 Å². The Labute approximate surface area is 189 Å². The van der Waals surface area contributed by atoms with Gasteiger partial charge in [-0.05, 0) is 41.4 Å². The number of likely N-dealkylation sites (N-methyl/N-ethyl adjacent to an activating group) is 1. The number of nitrogens with one attached hydrogen (secondary N) is 1. The fraction of sp³-hybridized carbons (Fsp3) is 0.160. The number of H-pyrrole nitrogens is 1. The summed E-state index contributed by atoms with van der Waals surface area (Å²) in [6.07, 6.45) is 0. The molecule has 0 saturated heterocycles. The van der Waals surface area contributed by atoms with E-state index in [1.165, 1.54) is 11.1 Å². The molecule has 1 aliphatic heterocycles. The van der Waals surface area contributed by atoms with Gasteiger partial charge in [-0.1, -0.05) is 71.7 Å². The van der Waals surface area contributed by atoms with E-state index in [1.54, 1.807) is 12.1 Å². The predicted molar refractivity (Wildman–Crippen MR) is 126 cm³/mol. The van der Waals surface area contributed by atoms with E-state index in [2.05, 4.69) is 47.3 Å². The van der Waals surface area contributed by atoms with E-state index in [0.29, 0.717) is 21.5 Å². The Hall–Kier alpha value is -2.79. The second kappa shape index (κ2) is 7.72. The smallest absolute Gasteiger partial charge is 0.260 e. The molecule has 1 atom stereocenters. The minimum absolute atomic E-state index is 0.140. The average Bonchev–Trinajstić information content (AvgIpc) is 2.72. The summed E-state index contributed by atoms with van der Waals surface area (Å²) < 4.78 is 0. The van der Waals surface area contributed by atoms with Gasteiger partial charge in [0.25, 0.3) is 5.56 Å². The Morgan fingerprint density at radius 2 is 1.87 bits per heavy atom. The zero-order valence-electron chi connectivity index (χ0n) is 16.8. The van der Waals surface area contributed by atoms with Crippen molar-refractivity contribution in [3.8, 4) is 16.9 Å². The van der Waals surface area contributed by atoms with Gasteiger partial charge >= 0.3 is 0 Å². The fourth-order valence-electron chi connectivity index (χ4n) is 4.58. The molecule has 1 aromatic heterocycles. The summed E-state index contributed by atoms with van der Waals surface area (Å²) in [6.45, 7) is 1.80. The summed E-state index contributed by atoms with van der Waals surface area (Å²) in [7, 11) is 2.11. The normalized spacial score (nSPS) is 16.4. The highest BCUT2D eigenvalue weighted by molar-refractivity contribution is 6.39. The van der Waals surface area contributed by atoms with Crippen molar-refractivity contribution >= 4 is 34.1 Å². The first-order chi connectivity index (χ1) is 14.9. The molecule has 31 heavy (non-hydrogen) atoms. The number of nitrogens with zero attached hydrogens (tertiary/aromatic N) is 1. The third-order valence-corrected chi connectivity index (χ3v) is 6.46. The van der Waals surface area contributed by atoms with E-state index in [4.69, 9.17) is 23.2 Å². The second-order valence-corrected chi connectivity index (χ2v) is 8.91. The van der Waals surface area contributed by atoms with E-state index in [1.807, 2.05) is 18.2 Å². The first kappa shape index (κ1) is 20.1. The molecular weight excluding hydrogens is 431 g/mol. The first-order valence-corrected chi connectivity index (χ1v) is 10.8. The largest absolute Gasteiger partial charge is 0.506 e. The van der Waals surface area contributed by atoms with Crippen molar-refractivity contribution in [3.05, 3.63) is 97.8 Å². The molecular formula is C25H20Cl2N2O2. The molecule has 3 aromatic carbocycles. The van der Waals surface area contributed by atoms with Gasteiger partial charge < -0.3 is 15.0 Å². The molecule has 4 aromatic rings. The highest BCUT2D eigenvalue weighted by atomic mass is 35.5. The Kier molecular flexibility index (Phi) is 5.01. The molecule has 0 fully saturated rings. The summed E-state index contributed by atoms with van der Waals surface area (Å²) in [5.41, 5.74) is 4.57. The van der Waals surface area contributed by atoms with Crippen LogP contribution in [0, 0.1) is 0 Å². The van der Waals surface area contributed by atoms with Crippen molar-refractivity contribution in [3.63, 3.8) is 0 Å². The van der Waals surface area contributed by atoms with Gasteiger partial charge in [0.05, 0.1) is 21.5 Å². The molecule has 4 nitrogen and oxygen atoms in total. The van der Waals surface area contributed by atoms with Crippen molar-refractivity contribution < 1.29 is 5.11 Å². The molecule has 156 valence electrons. The lowest BCUT2D eigenvalue weighted by molar-refractivity contribution is 0.295. The quantitative estimate of drug-likeness (QED) is 0.406. The van der Waals surface area contributed by atoms with Crippen LogP contribution in [-0.2, 0) is 6.54 Å². The maximum atomic E-state index is 12.9. The van der Waals surface area contributed by atoms with E-state index < -0.39 is 0 Å². The van der Waals surface area contributed by atoms with Crippen molar-refractivity contribution in [2.75, 3.05) is 13.6 Å². The third-order valence-electron chi connectivity index (χ3n) is 5.95. The molecule has 2 N–H and O–H groups in total. The van der Waals surface area contributed by atoms with Crippen LogP contribution in [0.3, 0.4) is 0 Å². The predicted octanol–water partition coefficient (Wildman–Crippen LogP) is 5.78. The third kappa shape index (κ3) is 3.51. The zero-order valence-corrected chi connectivity index (χ0v) is 18.3.